The first-order valence-corrected chi connectivity index (χ1v) is 6.31. The predicted molar refractivity (Wildman–Crippen MR) is 68.7 cm³/mol. The number of ether oxygens (including phenoxy) is 1. The van der Waals surface area contributed by atoms with Crippen molar-refractivity contribution in [2.75, 3.05) is 13.6 Å². The van der Waals surface area contributed by atoms with E-state index in [2.05, 4.69) is 16.9 Å². The molecule has 1 aromatic carbocycles. The smallest absolute Gasteiger partial charge is 0.208 e. The van der Waals surface area contributed by atoms with Crippen molar-refractivity contribution in [2.24, 2.45) is 10.9 Å². The van der Waals surface area contributed by atoms with Crippen LogP contribution in [-0.4, -0.2) is 30.6 Å². The maximum absolute atomic E-state index is 5.92. The van der Waals surface area contributed by atoms with Gasteiger partial charge < -0.3 is 9.64 Å². The molecule has 17 heavy (non-hydrogen) atoms. The van der Waals surface area contributed by atoms with Crippen LogP contribution in [0.2, 0.25) is 5.02 Å². The molecule has 1 aliphatic heterocycles. The van der Waals surface area contributed by atoms with Gasteiger partial charge in [0.05, 0.1) is 6.54 Å². The van der Waals surface area contributed by atoms with Gasteiger partial charge in [-0.2, -0.15) is 0 Å². The SMILES string of the molecule is CN1CC(Oc2cccc(Cl)c2)N=C1C1CC1. The van der Waals surface area contributed by atoms with E-state index < -0.39 is 0 Å². The van der Waals surface area contributed by atoms with Crippen molar-refractivity contribution < 1.29 is 4.74 Å². The lowest BCUT2D eigenvalue weighted by atomic mass is 10.3. The van der Waals surface area contributed by atoms with Crippen molar-refractivity contribution in [1.29, 1.82) is 0 Å². The molecule has 0 spiro atoms. The van der Waals surface area contributed by atoms with Gasteiger partial charge in [0.1, 0.15) is 11.6 Å². The van der Waals surface area contributed by atoms with E-state index in [1.165, 1.54) is 18.7 Å². The average molecular weight is 251 g/mol. The van der Waals surface area contributed by atoms with Crippen LogP contribution in [0.15, 0.2) is 29.3 Å². The van der Waals surface area contributed by atoms with Crippen LogP contribution in [-0.2, 0) is 0 Å². The summed E-state index contributed by atoms with van der Waals surface area (Å²) < 4.78 is 5.82. The molecule has 0 bridgehead atoms. The molecule has 0 N–H and O–H groups in total. The van der Waals surface area contributed by atoms with Gasteiger partial charge in [0.2, 0.25) is 6.23 Å². The lowest BCUT2D eigenvalue weighted by Crippen LogP contribution is -2.27. The van der Waals surface area contributed by atoms with Crippen LogP contribution in [0, 0.1) is 5.92 Å². The maximum atomic E-state index is 5.92. The summed E-state index contributed by atoms with van der Waals surface area (Å²) in [5.74, 6) is 2.67. The van der Waals surface area contributed by atoms with Gasteiger partial charge in [0.15, 0.2) is 0 Å². The second-order valence-electron chi connectivity index (χ2n) is 4.67. The van der Waals surface area contributed by atoms with Crippen LogP contribution >= 0.6 is 11.6 Å². The van der Waals surface area contributed by atoms with E-state index >= 15 is 0 Å². The largest absolute Gasteiger partial charge is 0.467 e. The van der Waals surface area contributed by atoms with Gasteiger partial charge in [0.25, 0.3) is 0 Å². The van der Waals surface area contributed by atoms with Gasteiger partial charge in [-0.1, -0.05) is 17.7 Å². The first kappa shape index (κ1) is 10.9. The molecule has 3 rings (SSSR count). The van der Waals surface area contributed by atoms with E-state index in [1.54, 1.807) is 0 Å². The quantitative estimate of drug-likeness (QED) is 0.824. The standard InChI is InChI=1S/C13H15ClN2O/c1-16-8-12(15-13(16)9-5-6-9)17-11-4-2-3-10(14)7-11/h2-4,7,9,12H,5-6,8H2,1H3. The lowest BCUT2D eigenvalue weighted by Gasteiger charge is -2.14. The highest BCUT2D eigenvalue weighted by Crippen LogP contribution is 2.34. The zero-order valence-electron chi connectivity index (χ0n) is 9.77. The molecule has 0 amide bonds. The van der Waals surface area contributed by atoms with Crippen LogP contribution < -0.4 is 4.74 Å². The molecule has 1 heterocycles. The molecule has 90 valence electrons. The van der Waals surface area contributed by atoms with Gasteiger partial charge in [-0.3, -0.25) is 0 Å². The molecule has 0 saturated heterocycles. The number of rotatable bonds is 3. The van der Waals surface area contributed by atoms with Crippen LogP contribution in [0.1, 0.15) is 12.8 Å². The summed E-state index contributed by atoms with van der Waals surface area (Å²) in [4.78, 5) is 6.83. The van der Waals surface area contributed by atoms with Crippen LogP contribution in [0.5, 0.6) is 5.75 Å². The predicted octanol–water partition coefficient (Wildman–Crippen LogP) is 2.80. The minimum atomic E-state index is -0.0888. The van der Waals surface area contributed by atoms with E-state index in [0.717, 1.165) is 12.3 Å². The zero-order valence-corrected chi connectivity index (χ0v) is 10.5. The molecule has 1 unspecified atom stereocenters. The van der Waals surface area contributed by atoms with E-state index in [9.17, 15) is 0 Å². The summed E-state index contributed by atoms with van der Waals surface area (Å²) in [6, 6.07) is 7.47. The Morgan fingerprint density at radius 2 is 2.24 bits per heavy atom. The number of aliphatic imine (C=N–C) groups is 1. The molecular weight excluding hydrogens is 236 g/mol. The first-order valence-electron chi connectivity index (χ1n) is 5.93. The highest BCUT2D eigenvalue weighted by atomic mass is 35.5. The van der Waals surface area contributed by atoms with Gasteiger partial charge >= 0.3 is 0 Å². The summed E-state index contributed by atoms with van der Waals surface area (Å²) >= 11 is 5.92. The highest BCUT2D eigenvalue weighted by Gasteiger charge is 2.35. The Kier molecular flexibility index (Phi) is 2.71. The normalized spacial score (nSPS) is 23.8. The Labute approximate surface area is 106 Å². The molecule has 1 aliphatic carbocycles. The number of halogens is 1. The lowest BCUT2D eigenvalue weighted by molar-refractivity contribution is 0.203. The molecule has 0 radical (unpaired) electrons. The molecule has 2 aliphatic rings. The molecule has 1 aromatic rings. The Balaban J connectivity index is 1.70. The van der Waals surface area contributed by atoms with E-state index in [4.69, 9.17) is 16.3 Å². The number of amidine groups is 1. The number of likely N-dealkylation sites (N-methyl/N-ethyl adjacent to an activating group) is 1. The topological polar surface area (TPSA) is 24.8 Å². The van der Waals surface area contributed by atoms with Crippen molar-refractivity contribution in [2.45, 2.75) is 19.1 Å². The second kappa shape index (κ2) is 4.22. The van der Waals surface area contributed by atoms with Crippen molar-refractivity contribution in [3.63, 3.8) is 0 Å². The van der Waals surface area contributed by atoms with Gasteiger partial charge in [-0.05, 0) is 31.0 Å². The fraction of sp³-hybridized carbons (Fsp3) is 0.462. The molecule has 1 atom stereocenters. The zero-order chi connectivity index (χ0) is 11.8. The Morgan fingerprint density at radius 1 is 1.41 bits per heavy atom. The molecule has 3 nitrogen and oxygen atoms in total. The van der Waals surface area contributed by atoms with Gasteiger partial charge in [-0.15, -0.1) is 0 Å². The number of hydrogen-bond acceptors (Lipinski definition) is 3. The molecule has 1 fully saturated rings. The minimum absolute atomic E-state index is 0.0888. The Bertz CT molecular complexity index is 456. The minimum Gasteiger partial charge on any atom is -0.467 e. The summed E-state index contributed by atoms with van der Waals surface area (Å²) in [5, 5.41) is 0.695. The molecular formula is C13H15ClN2O. The Morgan fingerprint density at radius 3 is 2.94 bits per heavy atom. The van der Waals surface area contributed by atoms with Gasteiger partial charge in [-0.25, -0.2) is 4.99 Å². The highest BCUT2D eigenvalue weighted by molar-refractivity contribution is 6.30. The van der Waals surface area contributed by atoms with Gasteiger partial charge in [0, 0.05) is 18.0 Å². The number of nitrogens with zero attached hydrogens (tertiary/aromatic N) is 2. The third-order valence-electron chi connectivity index (χ3n) is 3.11. The number of benzene rings is 1. The summed E-state index contributed by atoms with van der Waals surface area (Å²) in [5.41, 5.74) is 0. The monoisotopic (exact) mass is 250 g/mol. The average Bonchev–Trinajstić information content (AvgIpc) is 3.04. The van der Waals surface area contributed by atoms with Crippen molar-refractivity contribution in [1.82, 2.24) is 4.90 Å². The second-order valence-corrected chi connectivity index (χ2v) is 5.11. The summed E-state index contributed by atoms with van der Waals surface area (Å²) in [6.45, 7) is 0.832. The number of hydrogen-bond donors (Lipinski definition) is 0. The van der Waals surface area contributed by atoms with Crippen LogP contribution in [0.4, 0.5) is 0 Å². The van der Waals surface area contributed by atoms with Crippen molar-refractivity contribution >= 4 is 17.4 Å². The van der Waals surface area contributed by atoms with Crippen LogP contribution in [0.3, 0.4) is 0 Å². The molecule has 4 heteroatoms. The van der Waals surface area contributed by atoms with E-state index in [1.807, 2.05) is 24.3 Å². The van der Waals surface area contributed by atoms with E-state index in [0.29, 0.717) is 10.9 Å². The maximum Gasteiger partial charge on any atom is 0.208 e. The molecule has 1 saturated carbocycles. The third kappa shape index (κ3) is 2.39. The summed E-state index contributed by atoms with van der Waals surface area (Å²) in [6.07, 6.45) is 2.45. The fourth-order valence-corrected chi connectivity index (χ4v) is 2.31. The third-order valence-corrected chi connectivity index (χ3v) is 3.34. The van der Waals surface area contributed by atoms with Crippen molar-refractivity contribution in [3.05, 3.63) is 29.3 Å². The molecule has 0 aromatic heterocycles. The Hall–Kier alpha value is -1.22. The summed E-state index contributed by atoms with van der Waals surface area (Å²) in [7, 11) is 2.08. The van der Waals surface area contributed by atoms with Crippen molar-refractivity contribution in [3.8, 4) is 5.75 Å². The van der Waals surface area contributed by atoms with E-state index in [-0.39, 0.29) is 6.23 Å². The fourth-order valence-electron chi connectivity index (χ4n) is 2.13. The first-order chi connectivity index (χ1) is 8.22. The van der Waals surface area contributed by atoms with Crippen LogP contribution in [0.25, 0.3) is 0 Å².